The Labute approximate surface area is 285 Å². The lowest BCUT2D eigenvalue weighted by Gasteiger charge is -2.44. The minimum atomic E-state index is -2.28. The minimum absolute atomic E-state index is 0.369. The number of nitrogens with one attached hydrogen (secondary N) is 1. The number of aliphatic imine (C=N–C) groups is 2. The first kappa shape index (κ1) is 38.5. The first-order chi connectivity index (χ1) is 22.3. The fraction of sp³-hybridized carbons (Fsp3) is 0.500. The summed E-state index contributed by atoms with van der Waals surface area (Å²) in [6.07, 6.45) is 6.58. The first-order valence-electron chi connectivity index (χ1n) is 17.3. The van der Waals surface area contributed by atoms with Gasteiger partial charge in [0.1, 0.15) is 0 Å². The average molecular weight is 658 g/mol. The molecule has 256 valence electrons. The second-order valence-electron chi connectivity index (χ2n) is 14.0. The van der Waals surface area contributed by atoms with E-state index in [4.69, 9.17) is 14.2 Å². The van der Waals surface area contributed by atoms with Crippen LogP contribution in [0.2, 0.25) is 18.1 Å². The third kappa shape index (κ3) is 14.4. The van der Waals surface area contributed by atoms with Gasteiger partial charge in [-0.15, -0.1) is 0 Å². The molecule has 0 saturated carbocycles. The van der Waals surface area contributed by atoms with Crippen LogP contribution in [0.5, 0.6) is 0 Å². The van der Waals surface area contributed by atoms with Gasteiger partial charge in [0, 0.05) is 51.4 Å². The molecule has 47 heavy (non-hydrogen) atoms. The van der Waals surface area contributed by atoms with Gasteiger partial charge in [0.2, 0.25) is 0 Å². The fourth-order valence-corrected chi connectivity index (χ4v) is 8.41. The van der Waals surface area contributed by atoms with E-state index in [9.17, 15) is 5.11 Å². The van der Waals surface area contributed by atoms with Gasteiger partial charge in [-0.25, -0.2) is 0 Å². The van der Waals surface area contributed by atoms with Crippen LogP contribution in [-0.4, -0.2) is 57.1 Å². The molecular formula is C40H59N3O3Si. The molecule has 3 aromatic rings. The number of nitrogens with zero attached hydrogens (tertiary/aromatic N) is 2. The van der Waals surface area contributed by atoms with Crippen LogP contribution in [0.15, 0.2) is 82.8 Å². The van der Waals surface area contributed by atoms with Crippen LogP contribution in [0.25, 0.3) is 0 Å². The molecule has 0 aliphatic heterocycles. The Morgan fingerprint density at radius 3 is 1.77 bits per heavy atom. The molecule has 0 saturated heterocycles. The highest BCUT2D eigenvalue weighted by Crippen LogP contribution is 2.36. The minimum Gasteiger partial charge on any atom is -0.390 e. The van der Waals surface area contributed by atoms with Gasteiger partial charge in [-0.1, -0.05) is 103 Å². The van der Waals surface area contributed by atoms with Gasteiger partial charge in [0.15, 0.2) is 19.9 Å². The van der Waals surface area contributed by atoms with E-state index in [0.29, 0.717) is 37.9 Å². The van der Waals surface area contributed by atoms with Crippen LogP contribution in [-0.2, 0) is 15.7 Å². The molecule has 0 heterocycles. The SMILES string of the molecule is Cc1ccc(C=NCCCC(C)(O)OC(C)(CCNCc2ccc(C)cc2)O[Si](C)(CCCN=Cc2ccc(C)cc2)C(C)C)cc1. The van der Waals surface area contributed by atoms with Crippen molar-refractivity contribution in [3.63, 3.8) is 0 Å². The molecule has 6 nitrogen and oxygen atoms in total. The second-order valence-corrected chi connectivity index (χ2v) is 18.5. The lowest BCUT2D eigenvalue weighted by atomic mass is 10.1. The maximum atomic E-state index is 11.5. The van der Waals surface area contributed by atoms with Crippen molar-refractivity contribution in [1.29, 1.82) is 0 Å². The normalized spacial score (nSPS) is 16.0. The smallest absolute Gasteiger partial charge is 0.196 e. The van der Waals surface area contributed by atoms with E-state index >= 15 is 0 Å². The number of hydrogen-bond acceptors (Lipinski definition) is 6. The van der Waals surface area contributed by atoms with Crippen molar-refractivity contribution < 1.29 is 14.3 Å². The predicted molar refractivity (Wildman–Crippen MR) is 201 cm³/mol. The molecule has 0 aromatic heterocycles. The van der Waals surface area contributed by atoms with E-state index in [1.165, 1.54) is 22.3 Å². The molecule has 0 spiro atoms. The first-order valence-corrected chi connectivity index (χ1v) is 20.0. The molecule has 0 amide bonds. The predicted octanol–water partition coefficient (Wildman–Crippen LogP) is 8.94. The van der Waals surface area contributed by atoms with Gasteiger partial charge in [-0.2, -0.15) is 0 Å². The van der Waals surface area contributed by atoms with Crippen LogP contribution < -0.4 is 5.32 Å². The zero-order valence-corrected chi connectivity index (χ0v) is 31.2. The maximum Gasteiger partial charge on any atom is 0.196 e. The van der Waals surface area contributed by atoms with E-state index in [1.807, 2.05) is 19.4 Å². The van der Waals surface area contributed by atoms with Crippen LogP contribution in [0, 0.1) is 20.8 Å². The molecule has 7 heteroatoms. The molecule has 3 aromatic carbocycles. The molecule has 3 atom stereocenters. The molecule has 3 rings (SSSR count). The van der Waals surface area contributed by atoms with E-state index in [0.717, 1.165) is 36.7 Å². The zero-order chi connectivity index (χ0) is 34.3. The van der Waals surface area contributed by atoms with Crippen molar-refractivity contribution >= 4 is 20.7 Å². The van der Waals surface area contributed by atoms with Crippen molar-refractivity contribution in [2.75, 3.05) is 19.6 Å². The summed E-state index contributed by atoms with van der Waals surface area (Å²) in [7, 11) is -2.28. The van der Waals surface area contributed by atoms with Crippen LogP contribution >= 0.6 is 0 Å². The summed E-state index contributed by atoms with van der Waals surface area (Å²) in [5.74, 6) is -2.30. The Morgan fingerprint density at radius 2 is 1.26 bits per heavy atom. The summed E-state index contributed by atoms with van der Waals surface area (Å²) >= 11 is 0. The number of ether oxygens (including phenoxy) is 1. The molecular weight excluding hydrogens is 599 g/mol. The van der Waals surface area contributed by atoms with E-state index < -0.39 is 19.9 Å². The summed E-state index contributed by atoms with van der Waals surface area (Å²) in [6, 6.07) is 26.3. The van der Waals surface area contributed by atoms with E-state index in [2.05, 4.69) is 124 Å². The summed E-state index contributed by atoms with van der Waals surface area (Å²) in [4.78, 5) is 9.29. The maximum absolute atomic E-state index is 11.5. The Kier molecular flexibility index (Phi) is 15.2. The van der Waals surface area contributed by atoms with Gasteiger partial charge in [0.05, 0.1) is 0 Å². The van der Waals surface area contributed by atoms with Crippen molar-refractivity contribution in [1.82, 2.24) is 5.32 Å². The lowest BCUT2D eigenvalue weighted by molar-refractivity contribution is -0.316. The molecule has 0 aliphatic rings. The number of hydrogen-bond donors (Lipinski definition) is 2. The zero-order valence-electron chi connectivity index (χ0n) is 30.2. The summed E-state index contributed by atoms with van der Waals surface area (Å²) in [5.41, 5.74) is 7.55. The number of rotatable bonds is 20. The van der Waals surface area contributed by atoms with Gasteiger partial charge < -0.3 is 19.6 Å². The van der Waals surface area contributed by atoms with Gasteiger partial charge >= 0.3 is 0 Å². The average Bonchev–Trinajstić information content (AvgIpc) is 3.01. The van der Waals surface area contributed by atoms with E-state index in [-0.39, 0.29) is 0 Å². The monoisotopic (exact) mass is 657 g/mol. The topological polar surface area (TPSA) is 75.4 Å². The summed E-state index contributed by atoms with van der Waals surface area (Å²) in [5, 5.41) is 15.1. The third-order valence-electron chi connectivity index (χ3n) is 8.84. The summed E-state index contributed by atoms with van der Waals surface area (Å²) in [6.45, 7) is 19.7. The van der Waals surface area contributed by atoms with Gasteiger partial charge in [-0.05, 0) is 82.3 Å². The molecule has 0 bridgehead atoms. The van der Waals surface area contributed by atoms with Crippen molar-refractivity contribution in [2.45, 2.75) is 110 Å². The number of aliphatic hydroxyl groups is 1. The van der Waals surface area contributed by atoms with E-state index in [1.54, 1.807) is 6.92 Å². The quantitative estimate of drug-likeness (QED) is 0.0551. The van der Waals surface area contributed by atoms with Crippen molar-refractivity contribution in [3.05, 3.63) is 106 Å². The highest BCUT2D eigenvalue weighted by atomic mass is 28.4. The van der Waals surface area contributed by atoms with Crippen LogP contribution in [0.3, 0.4) is 0 Å². The van der Waals surface area contributed by atoms with Crippen molar-refractivity contribution in [3.8, 4) is 0 Å². The third-order valence-corrected chi connectivity index (χ3v) is 13.5. The largest absolute Gasteiger partial charge is 0.390 e. The van der Waals surface area contributed by atoms with Crippen molar-refractivity contribution in [2.24, 2.45) is 9.98 Å². The molecule has 0 radical (unpaired) electrons. The Balaban J connectivity index is 1.63. The van der Waals surface area contributed by atoms with Gasteiger partial charge in [0.25, 0.3) is 0 Å². The van der Waals surface area contributed by atoms with Crippen LogP contribution in [0.4, 0.5) is 0 Å². The number of aryl methyl sites for hydroxylation is 3. The Bertz CT molecular complexity index is 1390. The molecule has 0 aliphatic carbocycles. The molecule has 2 N–H and O–H groups in total. The Hall–Kier alpha value is -2.94. The fourth-order valence-electron chi connectivity index (χ4n) is 5.51. The molecule has 3 unspecified atom stereocenters. The second kappa shape index (κ2) is 18.6. The van der Waals surface area contributed by atoms with Gasteiger partial charge in [-0.3, -0.25) is 9.98 Å². The lowest BCUT2D eigenvalue weighted by Crippen LogP contribution is -2.52. The highest BCUT2D eigenvalue weighted by molar-refractivity contribution is 6.73. The molecule has 0 fully saturated rings. The Morgan fingerprint density at radius 1 is 0.766 bits per heavy atom. The van der Waals surface area contributed by atoms with Crippen LogP contribution in [0.1, 0.15) is 86.8 Å². The number of benzene rings is 3. The highest BCUT2D eigenvalue weighted by Gasteiger charge is 2.43. The summed E-state index contributed by atoms with van der Waals surface area (Å²) < 4.78 is 13.7. The standard InChI is InChI=1S/C40H59N3O3Si/c1-32(2)47(8,28-10-26-42-30-37-19-13-34(4)14-20-37)46-40(7,24-27-43-31-38-21-15-35(5)16-22-38)45-39(6,44)23-9-25-41-29-36-17-11-33(3)12-18-36/h11-22,29-30,32,43-44H,9-10,23-28,31H2,1-8H3.